The molecule has 2 aromatic rings. The number of amides is 1. The molecule has 0 aliphatic rings. The van der Waals surface area contributed by atoms with Crippen LogP contribution in [0.1, 0.15) is 33.3 Å². The molecule has 2 rings (SSSR count). The Labute approximate surface area is 159 Å². The van der Waals surface area contributed by atoms with E-state index in [4.69, 9.17) is 21.1 Å². The maximum atomic E-state index is 11.0. The van der Waals surface area contributed by atoms with Crippen LogP contribution in [0, 0.1) is 0 Å². The van der Waals surface area contributed by atoms with Crippen molar-refractivity contribution in [2.75, 3.05) is 0 Å². The molecule has 1 amide bonds. The Kier molecular flexibility index (Phi) is 7.04. The molecule has 0 radical (unpaired) electrons. The van der Waals surface area contributed by atoms with Crippen LogP contribution in [0.4, 0.5) is 0 Å². The van der Waals surface area contributed by atoms with Crippen molar-refractivity contribution in [3.8, 4) is 17.4 Å². The fraction of sp³-hybridized carbons (Fsp3) is 0.300. The summed E-state index contributed by atoms with van der Waals surface area (Å²) in [6.45, 7) is 7.26. The van der Waals surface area contributed by atoms with E-state index in [1.165, 1.54) is 6.92 Å². The molecule has 0 saturated carbocycles. The van der Waals surface area contributed by atoms with Crippen molar-refractivity contribution >= 4 is 23.6 Å². The van der Waals surface area contributed by atoms with E-state index in [0.29, 0.717) is 22.4 Å². The molecule has 1 heterocycles. The molecule has 1 N–H and O–H groups in total. The van der Waals surface area contributed by atoms with Crippen LogP contribution in [0.5, 0.6) is 17.4 Å². The Morgan fingerprint density at radius 3 is 2.54 bits per heavy atom. The summed E-state index contributed by atoms with van der Waals surface area (Å²) >= 11 is 6.34. The lowest BCUT2D eigenvalue weighted by atomic mass is 10.2. The molecule has 138 valence electrons. The van der Waals surface area contributed by atoms with Gasteiger partial charge in [0.2, 0.25) is 11.8 Å². The smallest absolute Gasteiger partial charge is 0.219 e. The van der Waals surface area contributed by atoms with Gasteiger partial charge in [-0.05, 0) is 44.5 Å². The largest absolute Gasteiger partial charge is 0.489 e. The molecule has 0 spiro atoms. The SMILES string of the molecule is CC(=O)N[C@@H](C)C=Cc1ccc(Oc2cccc(OC(C)C)c2Cl)nc1. The number of nitrogens with one attached hydrogen (secondary N) is 1. The number of aromatic nitrogens is 1. The Morgan fingerprint density at radius 1 is 1.19 bits per heavy atom. The number of carbonyl (C=O) groups is 1. The van der Waals surface area contributed by atoms with Crippen molar-refractivity contribution < 1.29 is 14.3 Å². The Hall–Kier alpha value is -2.53. The summed E-state index contributed by atoms with van der Waals surface area (Å²) in [4.78, 5) is 15.3. The van der Waals surface area contributed by atoms with Crippen LogP contribution in [0.3, 0.4) is 0 Å². The van der Waals surface area contributed by atoms with Gasteiger partial charge >= 0.3 is 0 Å². The zero-order valence-electron chi connectivity index (χ0n) is 15.3. The van der Waals surface area contributed by atoms with E-state index in [-0.39, 0.29) is 18.1 Å². The van der Waals surface area contributed by atoms with Crippen molar-refractivity contribution in [1.82, 2.24) is 10.3 Å². The first-order valence-corrected chi connectivity index (χ1v) is 8.77. The minimum absolute atomic E-state index is 0.0202. The third kappa shape index (κ3) is 6.08. The van der Waals surface area contributed by atoms with Gasteiger partial charge in [0.25, 0.3) is 0 Å². The van der Waals surface area contributed by atoms with Gasteiger partial charge in [-0.25, -0.2) is 4.98 Å². The van der Waals surface area contributed by atoms with Crippen molar-refractivity contribution in [2.24, 2.45) is 0 Å². The lowest BCUT2D eigenvalue weighted by Crippen LogP contribution is -2.28. The minimum atomic E-state index is -0.0652. The quantitative estimate of drug-likeness (QED) is 0.752. The lowest BCUT2D eigenvalue weighted by Gasteiger charge is -2.13. The van der Waals surface area contributed by atoms with Crippen LogP contribution >= 0.6 is 11.6 Å². The number of hydrogen-bond acceptors (Lipinski definition) is 4. The van der Waals surface area contributed by atoms with Crippen molar-refractivity contribution in [1.29, 1.82) is 0 Å². The number of pyridine rings is 1. The van der Waals surface area contributed by atoms with Crippen LogP contribution in [0.25, 0.3) is 6.08 Å². The molecule has 26 heavy (non-hydrogen) atoms. The standard InChI is InChI=1S/C20H23ClN2O3/c1-13(2)25-17-6-5-7-18(20(17)21)26-19-11-10-16(12-22-19)9-8-14(3)23-15(4)24/h5-14H,1-4H3,(H,23,24)/t14-/m0/s1. The van der Waals surface area contributed by atoms with Gasteiger partial charge in [0, 0.05) is 25.2 Å². The van der Waals surface area contributed by atoms with E-state index in [1.54, 1.807) is 24.4 Å². The molecule has 0 aliphatic heterocycles. The third-order valence-corrected chi connectivity index (χ3v) is 3.65. The number of nitrogens with zero attached hydrogens (tertiary/aromatic N) is 1. The molecule has 1 aromatic carbocycles. The fourth-order valence-electron chi connectivity index (χ4n) is 2.20. The third-order valence-electron chi connectivity index (χ3n) is 3.27. The number of ether oxygens (including phenoxy) is 2. The maximum Gasteiger partial charge on any atom is 0.219 e. The maximum absolute atomic E-state index is 11.0. The molecule has 0 unspecified atom stereocenters. The summed E-state index contributed by atoms with van der Waals surface area (Å²) in [6, 6.07) is 8.97. The van der Waals surface area contributed by atoms with Crippen LogP contribution in [0.15, 0.2) is 42.6 Å². The highest BCUT2D eigenvalue weighted by molar-refractivity contribution is 6.33. The highest BCUT2D eigenvalue weighted by atomic mass is 35.5. The minimum Gasteiger partial charge on any atom is -0.489 e. The average Bonchev–Trinajstić information content (AvgIpc) is 2.57. The molecule has 0 aliphatic carbocycles. The van der Waals surface area contributed by atoms with Gasteiger partial charge in [0.15, 0.2) is 5.75 Å². The fourth-order valence-corrected chi connectivity index (χ4v) is 2.41. The zero-order chi connectivity index (χ0) is 19.1. The number of carbonyl (C=O) groups excluding carboxylic acids is 1. The highest BCUT2D eigenvalue weighted by Crippen LogP contribution is 2.36. The van der Waals surface area contributed by atoms with Crippen molar-refractivity contribution in [3.05, 3.63) is 53.2 Å². The Balaban J connectivity index is 2.05. The van der Waals surface area contributed by atoms with Gasteiger partial charge in [0.1, 0.15) is 10.8 Å². The summed E-state index contributed by atoms with van der Waals surface area (Å²) in [5.74, 6) is 1.43. The molecular formula is C20H23ClN2O3. The van der Waals surface area contributed by atoms with Crippen molar-refractivity contribution in [3.63, 3.8) is 0 Å². The van der Waals surface area contributed by atoms with Crippen LogP contribution < -0.4 is 14.8 Å². The van der Waals surface area contributed by atoms with Gasteiger partial charge in [-0.1, -0.05) is 29.8 Å². The van der Waals surface area contributed by atoms with Gasteiger partial charge in [-0.2, -0.15) is 0 Å². The molecule has 6 heteroatoms. The number of halogens is 1. The monoisotopic (exact) mass is 374 g/mol. The molecule has 0 bridgehead atoms. The summed E-state index contributed by atoms with van der Waals surface area (Å²) in [6.07, 6.45) is 5.49. The summed E-state index contributed by atoms with van der Waals surface area (Å²) in [5.41, 5.74) is 0.901. The molecule has 0 saturated heterocycles. The zero-order valence-corrected chi connectivity index (χ0v) is 16.1. The van der Waals surface area contributed by atoms with Crippen LogP contribution in [0.2, 0.25) is 5.02 Å². The van der Waals surface area contributed by atoms with Crippen LogP contribution in [-0.2, 0) is 4.79 Å². The molecular weight excluding hydrogens is 352 g/mol. The predicted molar refractivity (Wildman–Crippen MR) is 104 cm³/mol. The van der Waals surface area contributed by atoms with E-state index in [9.17, 15) is 4.79 Å². The van der Waals surface area contributed by atoms with Gasteiger partial charge < -0.3 is 14.8 Å². The Bertz CT molecular complexity index is 773. The molecule has 1 aromatic heterocycles. The van der Waals surface area contributed by atoms with Crippen molar-refractivity contribution in [2.45, 2.75) is 39.8 Å². The van der Waals surface area contributed by atoms with E-state index in [1.807, 2.05) is 45.1 Å². The summed E-state index contributed by atoms with van der Waals surface area (Å²) < 4.78 is 11.4. The highest BCUT2D eigenvalue weighted by Gasteiger charge is 2.11. The first-order chi connectivity index (χ1) is 12.3. The molecule has 0 fully saturated rings. The van der Waals surface area contributed by atoms with Gasteiger partial charge in [-0.15, -0.1) is 0 Å². The Morgan fingerprint density at radius 2 is 1.92 bits per heavy atom. The summed E-state index contributed by atoms with van der Waals surface area (Å²) in [7, 11) is 0. The summed E-state index contributed by atoms with van der Waals surface area (Å²) in [5, 5.41) is 3.20. The molecule has 5 nitrogen and oxygen atoms in total. The average molecular weight is 375 g/mol. The van der Waals surface area contributed by atoms with E-state index >= 15 is 0 Å². The second-order valence-electron chi connectivity index (χ2n) is 6.12. The lowest BCUT2D eigenvalue weighted by molar-refractivity contribution is -0.119. The molecule has 1 atom stereocenters. The number of rotatable bonds is 7. The number of hydrogen-bond donors (Lipinski definition) is 1. The number of benzene rings is 1. The van der Waals surface area contributed by atoms with Gasteiger partial charge in [0.05, 0.1) is 6.10 Å². The van der Waals surface area contributed by atoms with E-state index in [0.717, 1.165) is 5.56 Å². The normalized spacial score (nSPS) is 12.2. The van der Waals surface area contributed by atoms with E-state index < -0.39 is 0 Å². The van der Waals surface area contributed by atoms with Crippen LogP contribution in [-0.4, -0.2) is 23.0 Å². The second-order valence-corrected chi connectivity index (χ2v) is 6.49. The first kappa shape index (κ1) is 19.8. The first-order valence-electron chi connectivity index (χ1n) is 8.39. The van der Waals surface area contributed by atoms with E-state index in [2.05, 4.69) is 10.3 Å². The predicted octanol–water partition coefficient (Wildman–Crippen LogP) is 4.85. The van der Waals surface area contributed by atoms with Gasteiger partial charge in [-0.3, -0.25) is 4.79 Å². The second kappa shape index (κ2) is 9.25. The topological polar surface area (TPSA) is 60.5 Å².